The van der Waals surface area contributed by atoms with E-state index < -0.39 is 12.1 Å². The number of amides is 2. The van der Waals surface area contributed by atoms with Gasteiger partial charge in [0.2, 0.25) is 5.91 Å². The van der Waals surface area contributed by atoms with E-state index in [-0.39, 0.29) is 53.6 Å². The number of pyridine rings is 1. The van der Waals surface area contributed by atoms with Crippen LogP contribution in [0.2, 0.25) is 0 Å². The molecule has 2 amide bonds. The maximum atomic E-state index is 13.0. The smallest absolute Gasteiger partial charge is 0.273 e. The van der Waals surface area contributed by atoms with Crippen molar-refractivity contribution >= 4 is 24.2 Å². The average Bonchev–Trinajstić information content (AvgIpc) is 2.88. The Bertz CT molecular complexity index is 812. The van der Waals surface area contributed by atoms with Crippen LogP contribution >= 0.6 is 12.4 Å². The van der Waals surface area contributed by atoms with Gasteiger partial charge in [0, 0.05) is 45.0 Å². The molecule has 0 spiro atoms. The minimum atomic E-state index is -0.815. The summed E-state index contributed by atoms with van der Waals surface area (Å²) in [6, 6.07) is 2.98. The molecule has 1 rings (SSSR count). The first-order chi connectivity index (χ1) is 18.1. The summed E-state index contributed by atoms with van der Waals surface area (Å²) in [7, 11) is 1.67. The van der Waals surface area contributed by atoms with Crippen LogP contribution in [-0.2, 0) is 9.53 Å². The molecule has 0 saturated carbocycles. The highest BCUT2D eigenvalue weighted by atomic mass is 35.5. The van der Waals surface area contributed by atoms with Gasteiger partial charge < -0.3 is 30.9 Å². The van der Waals surface area contributed by atoms with Crippen LogP contribution in [0.4, 0.5) is 0 Å². The van der Waals surface area contributed by atoms with E-state index in [1.807, 2.05) is 13.8 Å². The highest BCUT2D eigenvalue weighted by Crippen LogP contribution is 2.23. The summed E-state index contributed by atoms with van der Waals surface area (Å²) in [6.07, 6.45) is 5.23. The summed E-state index contributed by atoms with van der Waals surface area (Å²) in [5.74, 6) is 0.178. The zero-order valence-electron chi connectivity index (χ0n) is 24.8. The molecular weight excluding hydrogens is 520 g/mol. The Morgan fingerprint density at radius 2 is 1.74 bits per heavy atom. The van der Waals surface area contributed by atoms with Crippen molar-refractivity contribution in [2.75, 3.05) is 33.4 Å². The van der Waals surface area contributed by atoms with Crippen LogP contribution < -0.4 is 21.1 Å². The summed E-state index contributed by atoms with van der Waals surface area (Å²) < 4.78 is 10.9. The summed E-state index contributed by atoms with van der Waals surface area (Å²) in [5.41, 5.74) is 6.67. The first kappa shape index (κ1) is 37.1. The number of rotatable bonds is 20. The van der Waals surface area contributed by atoms with Gasteiger partial charge in [-0.25, -0.2) is 4.98 Å². The molecule has 0 aliphatic rings. The van der Waals surface area contributed by atoms with E-state index in [4.69, 9.17) is 15.2 Å². The van der Waals surface area contributed by atoms with E-state index in [2.05, 4.69) is 36.4 Å². The summed E-state index contributed by atoms with van der Waals surface area (Å²) in [6.45, 7) is 12.4. The molecule has 1 aromatic rings. The van der Waals surface area contributed by atoms with E-state index >= 15 is 0 Å². The SMILES string of the molecule is CCCCNC(=O)C(CC(O)C(N)CC(CNC(=O)c1ncccc1OCCCCOC)C(C)C)C(C)C.Cl. The normalized spacial score (nSPS) is 14.3. The van der Waals surface area contributed by atoms with Crippen molar-refractivity contribution in [3.8, 4) is 5.75 Å². The lowest BCUT2D eigenvalue weighted by Gasteiger charge is -2.30. The molecule has 0 radical (unpaired) electrons. The summed E-state index contributed by atoms with van der Waals surface area (Å²) in [5, 5.41) is 16.9. The Hall–Kier alpha value is -1.94. The topological polar surface area (TPSA) is 136 Å². The fourth-order valence-corrected chi connectivity index (χ4v) is 4.25. The number of aromatic nitrogens is 1. The molecule has 4 unspecified atom stereocenters. The highest BCUT2D eigenvalue weighted by molar-refractivity contribution is 5.94. The number of hydrogen-bond acceptors (Lipinski definition) is 7. The number of nitrogens with one attached hydrogen (secondary N) is 2. The Morgan fingerprint density at radius 3 is 2.36 bits per heavy atom. The number of halogens is 1. The number of methoxy groups -OCH3 is 1. The Balaban J connectivity index is 0.0000144. The molecule has 1 aromatic heterocycles. The van der Waals surface area contributed by atoms with Crippen LogP contribution in [0.25, 0.3) is 0 Å². The van der Waals surface area contributed by atoms with Crippen LogP contribution in [-0.4, -0.2) is 67.5 Å². The predicted octanol–water partition coefficient (Wildman–Crippen LogP) is 3.97. The van der Waals surface area contributed by atoms with Crippen LogP contribution in [0.15, 0.2) is 18.3 Å². The molecule has 0 bridgehead atoms. The molecule has 0 saturated heterocycles. The third-order valence-electron chi connectivity index (χ3n) is 6.99. The van der Waals surface area contributed by atoms with Crippen molar-refractivity contribution in [3.05, 3.63) is 24.0 Å². The molecule has 0 aliphatic carbocycles. The van der Waals surface area contributed by atoms with Gasteiger partial charge in [0.25, 0.3) is 5.91 Å². The Morgan fingerprint density at radius 1 is 1.05 bits per heavy atom. The van der Waals surface area contributed by atoms with Gasteiger partial charge in [-0.2, -0.15) is 0 Å². The number of nitrogens with zero attached hydrogens (tertiary/aromatic N) is 1. The zero-order valence-corrected chi connectivity index (χ0v) is 25.6. The van der Waals surface area contributed by atoms with Gasteiger partial charge in [0.15, 0.2) is 11.4 Å². The van der Waals surface area contributed by atoms with E-state index in [1.165, 1.54) is 0 Å². The number of aliphatic hydroxyl groups is 1. The molecule has 10 heteroatoms. The molecule has 9 nitrogen and oxygen atoms in total. The van der Waals surface area contributed by atoms with E-state index in [1.54, 1.807) is 25.4 Å². The molecule has 39 heavy (non-hydrogen) atoms. The van der Waals surface area contributed by atoms with Crippen molar-refractivity contribution in [3.63, 3.8) is 0 Å². The number of nitrogens with two attached hydrogens (primary N) is 1. The molecule has 4 atom stereocenters. The number of hydrogen-bond donors (Lipinski definition) is 4. The van der Waals surface area contributed by atoms with Gasteiger partial charge in [-0.15, -0.1) is 12.4 Å². The van der Waals surface area contributed by atoms with Crippen LogP contribution in [0.3, 0.4) is 0 Å². The Kier molecular flexibility index (Phi) is 19.9. The number of ether oxygens (including phenoxy) is 2. The molecule has 5 N–H and O–H groups in total. The second-order valence-electron chi connectivity index (χ2n) is 10.8. The first-order valence-corrected chi connectivity index (χ1v) is 14.2. The monoisotopic (exact) mass is 572 g/mol. The van der Waals surface area contributed by atoms with Crippen LogP contribution in [0, 0.1) is 23.7 Å². The molecule has 1 heterocycles. The molecule has 0 fully saturated rings. The van der Waals surface area contributed by atoms with Crippen molar-refractivity contribution in [1.82, 2.24) is 15.6 Å². The standard InChI is InChI=1S/C29H52N4O5.ClH/c1-7-8-13-32-28(35)23(21(4)5)18-25(34)24(30)17-22(20(2)3)19-33-29(36)27-26(12-11-14-31-27)38-16-10-9-15-37-6;/h11-12,14,20-25,34H,7-10,13,15-19,30H2,1-6H3,(H,32,35)(H,33,36);1H. The van der Waals surface area contributed by atoms with E-state index in [9.17, 15) is 14.7 Å². The second-order valence-corrected chi connectivity index (χ2v) is 10.8. The largest absolute Gasteiger partial charge is 0.491 e. The first-order valence-electron chi connectivity index (χ1n) is 14.2. The quantitative estimate of drug-likeness (QED) is 0.174. The third-order valence-corrected chi connectivity index (χ3v) is 6.99. The number of carbonyl (C=O) groups excluding carboxylic acids is 2. The molecule has 0 aliphatic heterocycles. The number of unbranched alkanes of at least 4 members (excludes halogenated alkanes) is 2. The molecule has 0 aromatic carbocycles. The van der Waals surface area contributed by atoms with Gasteiger partial charge in [-0.1, -0.05) is 41.0 Å². The number of carbonyl (C=O) groups is 2. The minimum Gasteiger partial charge on any atom is -0.491 e. The van der Waals surface area contributed by atoms with Crippen molar-refractivity contribution in [1.29, 1.82) is 0 Å². The maximum Gasteiger partial charge on any atom is 0.273 e. The predicted molar refractivity (Wildman–Crippen MR) is 158 cm³/mol. The highest BCUT2D eigenvalue weighted by Gasteiger charge is 2.29. The maximum absolute atomic E-state index is 13.0. The van der Waals surface area contributed by atoms with Crippen molar-refractivity contribution in [2.24, 2.45) is 29.4 Å². The third kappa shape index (κ3) is 14.3. The van der Waals surface area contributed by atoms with E-state index in [0.717, 1.165) is 25.7 Å². The second kappa shape index (κ2) is 20.9. The van der Waals surface area contributed by atoms with Crippen molar-refractivity contribution < 1.29 is 24.2 Å². The van der Waals surface area contributed by atoms with Gasteiger partial charge >= 0.3 is 0 Å². The van der Waals surface area contributed by atoms with E-state index in [0.29, 0.717) is 44.9 Å². The molecular formula is C29H53ClN4O5. The number of aliphatic hydroxyl groups excluding tert-OH is 1. The Labute approximate surface area is 241 Å². The van der Waals surface area contributed by atoms with Gasteiger partial charge in [0.1, 0.15) is 0 Å². The zero-order chi connectivity index (χ0) is 28.5. The lowest BCUT2D eigenvalue weighted by atomic mass is 9.83. The summed E-state index contributed by atoms with van der Waals surface area (Å²) >= 11 is 0. The van der Waals surface area contributed by atoms with Gasteiger partial charge in [-0.3, -0.25) is 9.59 Å². The average molecular weight is 573 g/mol. The fraction of sp³-hybridized carbons (Fsp3) is 0.759. The summed E-state index contributed by atoms with van der Waals surface area (Å²) in [4.78, 5) is 29.9. The van der Waals surface area contributed by atoms with Gasteiger partial charge in [0.05, 0.1) is 12.7 Å². The molecule has 226 valence electrons. The van der Waals surface area contributed by atoms with Crippen LogP contribution in [0.1, 0.15) is 83.6 Å². The fourth-order valence-electron chi connectivity index (χ4n) is 4.25. The minimum absolute atomic E-state index is 0. The van der Waals surface area contributed by atoms with Crippen LogP contribution in [0.5, 0.6) is 5.75 Å². The lowest BCUT2D eigenvalue weighted by Crippen LogP contribution is -2.44. The van der Waals surface area contributed by atoms with Gasteiger partial charge in [-0.05, 0) is 62.0 Å². The van der Waals surface area contributed by atoms with Crippen molar-refractivity contribution in [2.45, 2.75) is 85.3 Å². The lowest BCUT2D eigenvalue weighted by molar-refractivity contribution is -0.127.